The SMILES string of the molecule is O=C(C1CC1)N1CC[C@@H](Cn2c(-c3ccc(-c4ccccc4)cc3)nc3cc(C(F)(F)F)ccc32)C1.O=Cc1ccc(-c2ccccc2)cc1. The minimum Gasteiger partial charge on any atom is -0.342 e. The lowest BCUT2D eigenvalue weighted by atomic mass is 10.0. The van der Waals surface area contributed by atoms with Crippen LogP contribution in [0.3, 0.4) is 0 Å². The molecule has 8 rings (SSSR count). The molecule has 5 nitrogen and oxygen atoms in total. The van der Waals surface area contributed by atoms with E-state index >= 15 is 0 Å². The summed E-state index contributed by atoms with van der Waals surface area (Å²) in [6.45, 7) is 2.03. The van der Waals surface area contributed by atoms with E-state index in [2.05, 4.69) is 17.1 Å². The van der Waals surface area contributed by atoms with E-state index in [1.54, 1.807) is 0 Å². The Morgan fingerprint density at radius 3 is 1.84 bits per heavy atom. The van der Waals surface area contributed by atoms with E-state index in [0.717, 1.165) is 66.5 Å². The number of imidazole rings is 1. The van der Waals surface area contributed by atoms with Crippen molar-refractivity contribution in [3.63, 3.8) is 0 Å². The molecule has 1 aliphatic carbocycles. The summed E-state index contributed by atoms with van der Waals surface area (Å²) in [6, 6.07) is 39.4. The van der Waals surface area contributed by atoms with Gasteiger partial charge < -0.3 is 9.47 Å². The zero-order chi connectivity index (χ0) is 34.7. The van der Waals surface area contributed by atoms with Crippen LogP contribution in [0.2, 0.25) is 0 Å². The molecule has 0 N–H and O–H groups in total. The maximum absolute atomic E-state index is 13.4. The van der Waals surface area contributed by atoms with Gasteiger partial charge in [-0.05, 0) is 65.6 Å². The maximum atomic E-state index is 13.4. The van der Waals surface area contributed by atoms with Crippen molar-refractivity contribution in [1.29, 1.82) is 0 Å². The van der Waals surface area contributed by atoms with Gasteiger partial charge in [-0.1, -0.05) is 109 Å². The molecule has 6 aromatic rings. The Morgan fingerprint density at radius 2 is 1.28 bits per heavy atom. The van der Waals surface area contributed by atoms with Crippen LogP contribution >= 0.6 is 0 Å². The predicted molar refractivity (Wildman–Crippen MR) is 190 cm³/mol. The van der Waals surface area contributed by atoms with Crippen LogP contribution < -0.4 is 0 Å². The Morgan fingerprint density at radius 1 is 0.720 bits per heavy atom. The second kappa shape index (κ2) is 14.2. The van der Waals surface area contributed by atoms with E-state index in [4.69, 9.17) is 0 Å². The van der Waals surface area contributed by atoms with Gasteiger partial charge in [0.05, 0.1) is 16.6 Å². The lowest BCUT2D eigenvalue weighted by Gasteiger charge is -2.18. The molecule has 1 aliphatic heterocycles. The number of hydrogen-bond acceptors (Lipinski definition) is 3. The number of carbonyl (C=O) groups is 2. The highest BCUT2D eigenvalue weighted by Gasteiger charge is 2.37. The fourth-order valence-electron chi connectivity index (χ4n) is 6.57. The summed E-state index contributed by atoms with van der Waals surface area (Å²) in [4.78, 5) is 29.6. The van der Waals surface area contributed by atoms with Crippen LogP contribution in [-0.4, -0.2) is 39.7 Å². The molecule has 0 spiro atoms. The molecule has 1 saturated carbocycles. The standard InChI is InChI=1S/C29H26F3N3O.C13H10O/c30-29(31,32)24-12-13-26-25(16-24)33-27(22-8-6-21(7-9-22)20-4-2-1-3-5-20)35(26)18-19-14-15-34(17-19)28(36)23-10-11-23;14-10-11-6-8-13(9-7-11)12-4-2-1-3-5-12/h1-9,12-13,16,19,23H,10-11,14-15,17-18H2;1-10H/t19-;/m1./s1. The van der Waals surface area contributed by atoms with Crippen LogP contribution in [-0.2, 0) is 17.5 Å². The summed E-state index contributed by atoms with van der Waals surface area (Å²) in [5.41, 5.74) is 6.33. The zero-order valence-electron chi connectivity index (χ0n) is 27.4. The summed E-state index contributed by atoms with van der Waals surface area (Å²) >= 11 is 0. The third kappa shape index (κ3) is 7.39. The number of amides is 1. The third-order valence-corrected chi connectivity index (χ3v) is 9.44. The van der Waals surface area contributed by atoms with Gasteiger partial charge in [-0.2, -0.15) is 13.2 Å². The minimum atomic E-state index is -4.43. The highest BCUT2D eigenvalue weighted by Crippen LogP contribution is 2.36. The van der Waals surface area contributed by atoms with Crippen LogP contribution in [0.4, 0.5) is 13.2 Å². The highest BCUT2D eigenvalue weighted by molar-refractivity contribution is 5.83. The number of rotatable bonds is 7. The summed E-state index contributed by atoms with van der Waals surface area (Å²) in [5.74, 6) is 1.32. The fraction of sp³-hybridized carbons (Fsp3) is 0.214. The lowest BCUT2D eigenvalue weighted by Crippen LogP contribution is -2.30. The molecule has 0 unspecified atom stereocenters. The maximum Gasteiger partial charge on any atom is 0.416 e. The number of likely N-dealkylation sites (tertiary alicyclic amines) is 1. The Kier molecular flexibility index (Phi) is 9.35. The highest BCUT2D eigenvalue weighted by atomic mass is 19.4. The molecule has 2 heterocycles. The molecule has 0 bridgehead atoms. The molecule has 0 radical (unpaired) electrons. The largest absolute Gasteiger partial charge is 0.416 e. The van der Waals surface area contributed by atoms with Crippen LogP contribution in [0, 0.1) is 11.8 Å². The Hall–Kier alpha value is -5.50. The first-order valence-electron chi connectivity index (χ1n) is 16.9. The molecule has 5 aromatic carbocycles. The lowest BCUT2D eigenvalue weighted by molar-refractivity contribution is -0.137. The van der Waals surface area contributed by atoms with E-state index in [0.29, 0.717) is 35.5 Å². The van der Waals surface area contributed by atoms with E-state index in [-0.39, 0.29) is 17.7 Å². The van der Waals surface area contributed by atoms with Crippen LogP contribution in [0.25, 0.3) is 44.7 Å². The van der Waals surface area contributed by atoms with Crippen LogP contribution in [0.15, 0.2) is 127 Å². The van der Waals surface area contributed by atoms with Crippen molar-refractivity contribution in [2.24, 2.45) is 11.8 Å². The van der Waals surface area contributed by atoms with Gasteiger partial charge in [0.1, 0.15) is 12.1 Å². The topological polar surface area (TPSA) is 55.2 Å². The number of aldehydes is 1. The van der Waals surface area contributed by atoms with Gasteiger partial charge in [0.25, 0.3) is 0 Å². The normalized spacial score (nSPS) is 15.8. The van der Waals surface area contributed by atoms with E-state index in [9.17, 15) is 22.8 Å². The first-order chi connectivity index (χ1) is 24.3. The van der Waals surface area contributed by atoms with Crippen molar-refractivity contribution in [2.45, 2.75) is 32.0 Å². The summed E-state index contributed by atoms with van der Waals surface area (Å²) in [5, 5.41) is 0. The van der Waals surface area contributed by atoms with Gasteiger partial charge in [-0.15, -0.1) is 0 Å². The first-order valence-corrected chi connectivity index (χ1v) is 16.9. The number of nitrogens with zero attached hydrogens (tertiary/aromatic N) is 3. The fourth-order valence-corrected chi connectivity index (χ4v) is 6.57. The molecular weight excluding hydrogens is 635 g/mol. The average Bonchev–Trinajstić information content (AvgIpc) is 3.80. The van der Waals surface area contributed by atoms with Gasteiger partial charge in [0.2, 0.25) is 5.91 Å². The van der Waals surface area contributed by atoms with Gasteiger partial charge in [0, 0.05) is 36.7 Å². The predicted octanol–water partition coefficient (Wildman–Crippen LogP) is 9.81. The van der Waals surface area contributed by atoms with E-state index in [1.807, 2.05) is 107 Å². The van der Waals surface area contributed by atoms with E-state index in [1.165, 1.54) is 11.6 Å². The number of alkyl halides is 3. The zero-order valence-corrected chi connectivity index (χ0v) is 27.4. The molecule has 2 fully saturated rings. The molecule has 1 saturated heterocycles. The Balaban J connectivity index is 0.000000234. The average molecular weight is 672 g/mol. The number of carbonyl (C=O) groups excluding carboxylic acids is 2. The molecule has 8 heteroatoms. The molecule has 1 amide bonds. The van der Waals surface area contributed by atoms with Crippen molar-refractivity contribution in [2.75, 3.05) is 13.1 Å². The molecule has 2 aliphatic rings. The molecule has 1 atom stereocenters. The minimum absolute atomic E-state index is 0.192. The van der Waals surface area contributed by atoms with Crippen molar-refractivity contribution in [3.05, 3.63) is 139 Å². The number of halogens is 3. The van der Waals surface area contributed by atoms with Crippen LogP contribution in [0.1, 0.15) is 35.2 Å². The van der Waals surface area contributed by atoms with Crippen LogP contribution in [0.5, 0.6) is 0 Å². The monoisotopic (exact) mass is 671 g/mol. The van der Waals surface area contributed by atoms with Gasteiger partial charge in [-0.25, -0.2) is 4.98 Å². The van der Waals surface area contributed by atoms with Gasteiger partial charge in [0.15, 0.2) is 0 Å². The van der Waals surface area contributed by atoms with Crippen molar-refractivity contribution >= 4 is 23.2 Å². The van der Waals surface area contributed by atoms with Crippen molar-refractivity contribution < 1.29 is 22.8 Å². The van der Waals surface area contributed by atoms with E-state index < -0.39 is 11.7 Å². The number of fused-ring (bicyclic) bond motifs is 1. The molecule has 1 aromatic heterocycles. The smallest absolute Gasteiger partial charge is 0.342 e. The van der Waals surface area contributed by atoms with Crippen molar-refractivity contribution in [1.82, 2.24) is 14.5 Å². The third-order valence-electron chi connectivity index (χ3n) is 9.44. The second-order valence-electron chi connectivity index (χ2n) is 13.0. The number of benzene rings is 5. The Labute approximate surface area is 289 Å². The Bertz CT molecular complexity index is 2090. The van der Waals surface area contributed by atoms with Gasteiger partial charge in [-0.3, -0.25) is 9.59 Å². The van der Waals surface area contributed by atoms with Crippen molar-refractivity contribution in [3.8, 4) is 33.6 Å². The molecular formula is C42H36F3N3O2. The molecule has 252 valence electrons. The second-order valence-corrected chi connectivity index (χ2v) is 13.0. The van der Waals surface area contributed by atoms with Gasteiger partial charge >= 0.3 is 6.18 Å². The quantitative estimate of drug-likeness (QED) is 0.159. The molecule has 50 heavy (non-hydrogen) atoms. The number of aromatic nitrogens is 2. The first kappa shape index (κ1) is 33.0. The summed E-state index contributed by atoms with van der Waals surface area (Å²) in [7, 11) is 0. The summed E-state index contributed by atoms with van der Waals surface area (Å²) < 4.78 is 42.2. The summed E-state index contributed by atoms with van der Waals surface area (Å²) in [6.07, 6.45) is -0.724. The number of hydrogen-bond donors (Lipinski definition) is 0.